The van der Waals surface area contributed by atoms with Crippen molar-refractivity contribution >= 4 is 16.9 Å². The zero-order valence-corrected chi connectivity index (χ0v) is 18.1. The SMILES string of the molecule is CCNC(=NCc1ccc(-n2ccnc2C)nc1)NCCCn1ccc2ccccc21. The Balaban J connectivity index is 1.30. The van der Waals surface area contributed by atoms with Gasteiger partial charge in [-0.15, -0.1) is 0 Å². The van der Waals surface area contributed by atoms with Crippen molar-refractivity contribution in [2.24, 2.45) is 4.99 Å². The molecule has 0 amide bonds. The van der Waals surface area contributed by atoms with Gasteiger partial charge in [0.05, 0.1) is 6.54 Å². The first-order valence-electron chi connectivity index (χ1n) is 10.8. The van der Waals surface area contributed by atoms with Gasteiger partial charge < -0.3 is 15.2 Å². The number of nitrogens with zero attached hydrogens (tertiary/aromatic N) is 5. The van der Waals surface area contributed by atoms with Gasteiger partial charge in [0.1, 0.15) is 11.6 Å². The van der Waals surface area contributed by atoms with Gasteiger partial charge in [0.15, 0.2) is 5.96 Å². The van der Waals surface area contributed by atoms with Crippen LogP contribution < -0.4 is 10.6 Å². The van der Waals surface area contributed by atoms with Gasteiger partial charge in [-0.05, 0) is 49.4 Å². The lowest BCUT2D eigenvalue weighted by molar-refractivity contribution is 0.641. The zero-order valence-electron chi connectivity index (χ0n) is 18.1. The Hall–Kier alpha value is -3.61. The first-order valence-corrected chi connectivity index (χ1v) is 10.8. The second-order valence-corrected chi connectivity index (χ2v) is 7.41. The molecule has 7 heteroatoms. The minimum absolute atomic E-state index is 0.577. The van der Waals surface area contributed by atoms with Crippen molar-refractivity contribution < 1.29 is 0 Å². The van der Waals surface area contributed by atoms with Crippen LogP contribution in [0.5, 0.6) is 0 Å². The zero-order chi connectivity index (χ0) is 21.5. The molecule has 1 aromatic carbocycles. The number of aryl methyl sites for hydroxylation is 2. The quantitative estimate of drug-likeness (QED) is 0.262. The Labute approximate surface area is 182 Å². The summed E-state index contributed by atoms with van der Waals surface area (Å²) in [5.74, 6) is 2.62. The molecule has 3 aromatic heterocycles. The Bertz CT molecular complexity index is 1140. The highest BCUT2D eigenvalue weighted by Gasteiger charge is 2.03. The van der Waals surface area contributed by atoms with Gasteiger partial charge in [0.2, 0.25) is 0 Å². The van der Waals surface area contributed by atoms with Crippen molar-refractivity contribution in [1.82, 2.24) is 29.7 Å². The molecule has 0 saturated heterocycles. The number of hydrogen-bond donors (Lipinski definition) is 2. The second kappa shape index (κ2) is 9.93. The van der Waals surface area contributed by atoms with Crippen molar-refractivity contribution in [1.29, 1.82) is 0 Å². The Kier molecular flexibility index (Phi) is 6.62. The fourth-order valence-electron chi connectivity index (χ4n) is 3.58. The molecular formula is C24H29N7. The van der Waals surface area contributed by atoms with Gasteiger partial charge in [0, 0.05) is 49.9 Å². The van der Waals surface area contributed by atoms with E-state index in [1.165, 1.54) is 10.9 Å². The van der Waals surface area contributed by atoms with Gasteiger partial charge >= 0.3 is 0 Å². The summed E-state index contributed by atoms with van der Waals surface area (Å²) in [6.07, 6.45) is 8.75. The van der Waals surface area contributed by atoms with Crippen molar-refractivity contribution in [2.45, 2.75) is 33.4 Å². The van der Waals surface area contributed by atoms with Crippen LogP contribution in [0.2, 0.25) is 0 Å². The molecule has 0 fully saturated rings. The highest BCUT2D eigenvalue weighted by Crippen LogP contribution is 2.15. The molecule has 0 radical (unpaired) electrons. The largest absolute Gasteiger partial charge is 0.357 e. The van der Waals surface area contributed by atoms with Gasteiger partial charge in [-0.1, -0.05) is 24.3 Å². The number of aromatic nitrogens is 4. The molecule has 0 aliphatic heterocycles. The van der Waals surface area contributed by atoms with Crippen LogP contribution in [-0.4, -0.2) is 38.2 Å². The maximum absolute atomic E-state index is 4.71. The predicted octanol–water partition coefficient (Wildman–Crippen LogP) is 3.68. The number of para-hydroxylation sites is 1. The lowest BCUT2D eigenvalue weighted by atomic mass is 10.2. The first kappa shape index (κ1) is 20.7. The van der Waals surface area contributed by atoms with Crippen LogP contribution in [0.15, 0.2) is 72.2 Å². The van der Waals surface area contributed by atoms with Gasteiger partial charge in [0.25, 0.3) is 0 Å². The topological polar surface area (TPSA) is 72.1 Å². The third kappa shape index (κ3) is 5.12. The number of nitrogens with one attached hydrogen (secondary N) is 2. The van der Waals surface area contributed by atoms with Gasteiger partial charge in [-0.2, -0.15) is 0 Å². The summed E-state index contributed by atoms with van der Waals surface area (Å²) in [6, 6.07) is 14.7. The van der Waals surface area contributed by atoms with Crippen molar-refractivity contribution in [3.05, 3.63) is 78.6 Å². The standard InChI is InChI=1S/C24H29N7/c1-3-25-24(27-12-6-14-30-15-11-21-7-4-5-8-22(21)30)29-18-20-9-10-23(28-17-20)31-16-13-26-19(31)2/h4-5,7-11,13,15-17H,3,6,12,14,18H2,1-2H3,(H2,25,27,29). The van der Waals surface area contributed by atoms with E-state index in [2.05, 4.69) is 74.7 Å². The number of imidazole rings is 1. The summed E-state index contributed by atoms with van der Waals surface area (Å²) < 4.78 is 4.27. The molecule has 31 heavy (non-hydrogen) atoms. The summed E-state index contributed by atoms with van der Waals surface area (Å²) >= 11 is 0. The molecule has 3 heterocycles. The molecule has 0 bridgehead atoms. The highest BCUT2D eigenvalue weighted by molar-refractivity contribution is 5.80. The first-order chi connectivity index (χ1) is 15.2. The molecule has 0 unspecified atom stereocenters. The lowest BCUT2D eigenvalue weighted by Crippen LogP contribution is -2.38. The molecule has 4 aromatic rings. The minimum Gasteiger partial charge on any atom is -0.357 e. The number of benzene rings is 1. The minimum atomic E-state index is 0.577. The molecule has 160 valence electrons. The van der Waals surface area contributed by atoms with Crippen LogP contribution >= 0.6 is 0 Å². The molecule has 0 aliphatic rings. The van der Waals surface area contributed by atoms with Crippen molar-refractivity contribution in [3.63, 3.8) is 0 Å². The average molecular weight is 416 g/mol. The Morgan fingerprint density at radius 3 is 2.71 bits per heavy atom. The number of hydrogen-bond acceptors (Lipinski definition) is 3. The number of guanidine groups is 1. The van der Waals surface area contributed by atoms with Crippen molar-refractivity contribution in [3.8, 4) is 5.82 Å². The summed E-state index contributed by atoms with van der Waals surface area (Å²) in [7, 11) is 0. The fourth-order valence-corrected chi connectivity index (χ4v) is 3.58. The number of fused-ring (bicyclic) bond motifs is 1. The third-order valence-corrected chi connectivity index (χ3v) is 5.19. The molecule has 4 rings (SSSR count). The summed E-state index contributed by atoms with van der Waals surface area (Å²) in [5, 5.41) is 8.04. The summed E-state index contributed by atoms with van der Waals surface area (Å²) in [6.45, 7) is 7.27. The van der Waals surface area contributed by atoms with E-state index in [1.807, 2.05) is 30.0 Å². The van der Waals surface area contributed by atoms with Crippen LogP contribution in [0.1, 0.15) is 24.7 Å². The van der Waals surface area contributed by atoms with E-state index in [0.717, 1.165) is 49.2 Å². The molecule has 2 N–H and O–H groups in total. The Morgan fingerprint density at radius 1 is 1.03 bits per heavy atom. The third-order valence-electron chi connectivity index (χ3n) is 5.19. The van der Waals surface area contributed by atoms with E-state index in [0.29, 0.717) is 6.54 Å². The molecular weight excluding hydrogens is 386 g/mol. The smallest absolute Gasteiger partial charge is 0.191 e. The molecule has 0 atom stereocenters. The fraction of sp³-hybridized carbons (Fsp3) is 0.292. The molecule has 0 spiro atoms. The number of aliphatic imine (C=N–C) groups is 1. The van der Waals surface area contributed by atoms with Gasteiger partial charge in [-0.3, -0.25) is 4.57 Å². The van der Waals surface area contributed by atoms with Crippen LogP contribution in [-0.2, 0) is 13.1 Å². The van der Waals surface area contributed by atoms with E-state index >= 15 is 0 Å². The van der Waals surface area contributed by atoms with Crippen LogP contribution in [0.4, 0.5) is 0 Å². The van der Waals surface area contributed by atoms with Crippen LogP contribution in [0.25, 0.3) is 16.7 Å². The van der Waals surface area contributed by atoms with Gasteiger partial charge in [-0.25, -0.2) is 15.0 Å². The highest BCUT2D eigenvalue weighted by atomic mass is 15.2. The maximum atomic E-state index is 4.71. The molecule has 7 nitrogen and oxygen atoms in total. The van der Waals surface area contributed by atoms with E-state index in [1.54, 1.807) is 6.20 Å². The second-order valence-electron chi connectivity index (χ2n) is 7.41. The lowest BCUT2D eigenvalue weighted by Gasteiger charge is -2.12. The molecule has 0 saturated carbocycles. The normalized spacial score (nSPS) is 11.7. The number of pyridine rings is 1. The van der Waals surface area contributed by atoms with E-state index in [-0.39, 0.29) is 0 Å². The van der Waals surface area contributed by atoms with Crippen LogP contribution in [0, 0.1) is 6.92 Å². The van der Waals surface area contributed by atoms with Crippen LogP contribution in [0.3, 0.4) is 0 Å². The predicted molar refractivity (Wildman–Crippen MR) is 125 cm³/mol. The Morgan fingerprint density at radius 2 is 1.94 bits per heavy atom. The summed E-state index contributed by atoms with van der Waals surface area (Å²) in [4.78, 5) is 13.5. The molecule has 0 aliphatic carbocycles. The van der Waals surface area contributed by atoms with E-state index < -0.39 is 0 Å². The summed E-state index contributed by atoms with van der Waals surface area (Å²) in [5.41, 5.74) is 2.35. The van der Waals surface area contributed by atoms with E-state index in [4.69, 9.17) is 4.99 Å². The maximum Gasteiger partial charge on any atom is 0.191 e. The van der Waals surface area contributed by atoms with Crippen molar-refractivity contribution in [2.75, 3.05) is 13.1 Å². The van der Waals surface area contributed by atoms with E-state index in [9.17, 15) is 0 Å². The monoisotopic (exact) mass is 415 g/mol. The number of rotatable bonds is 8. The average Bonchev–Trinajstić information content (AvgIpc) is 3.41.